The molecule has 0 aliphatic carbocycles. The second-order valence-electron chi connectivity index (χ2n) is 4.16. The van der Waals surface area contributed by atoms with Crippen LogP contribution >= 0.6 is 0 Å². The lowest BCUT2D eigenvalue weighted by atomic mass is 10.0. The Hall–Kier alpha value is -1.06. The van der Waals surface area contributed by atoms with Crippen molar-refractivity contribution in [3.05, 3.63) is 29.8 Å². The molecule has 0 spiro atoms. The van der Waals surface area contributed by atoms with E-state index in [4.69, 9.17) is 15.2 Å². The van der Waals surface area contributed by atoms with Crippen molar-refractivity contribution in [3.8, 4) is 5.75 Å². The first-order valence-electron chi connectivity index (χ1n) is 6.25. The van der Waals surface area contributed by atoms with E-state index in [0.29, 0.717) is 0 Å². The summed E-state index contributed by atoms with van der Waals surface area (Å²) in [6, 6.07) is 8.15. The van der Waals surface area contributed by atoms with Gasteiger partial charge in [0.15, 0.2) is 0 Å². The summed E-state index contributed by atoms with van der Waals surface area (Å²) < 4.78 is 10.5. The van der Waals surface area contributed by atoms with Crippen LogP contribution in [-0.4, -0.2) is 20.3 Å². The van der Waals surface area contributed by atoms with Crippen molar-refractivity contribution in [1.29, 1.82) is 0 Å². The average molecular weight is 237 g/mol. The van der Waals surface area contributed by atoms with Gasteiger partial charge in [0.1, 0.15) is 5.75 Å². The van der Waals surface area contributed by atoms with Crippen molar-refractivity contribution >= 4 is 0 Å². The van der Waals surface area contributed by atoms with E-state index in [1.54, 1.807) is 7.11 Å². The van der Waals surface area contributed by atoms with Gasteiger partial charge in [-0.25, -0.2) is 0 Å². The van der Waals surface area contributed by atoms with E-state index >= 15 is 0 Å². The summed E-state index contributed by atoms with van der Waals surface area (Å²) >= 11 is 0. The zero-order valence-corrected chi connectivity index (χ0v) is 10.8. The van der Waals surface area contributed by atoms with Gasteiger partial charge in [-0.15, -0.1) is 0 Å². The van der Waals surface area contributed by atoms with Crippen LogP contribution in [0, 0.1) is 0 Å². The van der Waals surface area contributed by atoms with Gasteiger partial charge in [0, 0.05) is 19.8 Å². The standard InChI is InChI=1S/C14H23NO2/c1-3-10-17-13-8-6-12(7-9-13)14(15)5-4-11-16-2/h6-9,14H,3-5,10-11,15H2,1-2H3. The molecule has 0 radical (unpaired) electrons. The molecular weight excluding hydrogens is 214 g/mol. The minimum atomic E-state index is 0.0883. The minimum Gasteiger partial charge on any atom is -0.494 e. The van der Waals surface area contributed by atoms with Crippen LogP contribution in [0.25, 0.3) is 0 Å². The van der Waals surface area contributed by atoms with Crippen molar-refractivity contribution in [3.63, 3.8) is 0 Å². The van der Waals surface area contributed by atoms with E-state index in [1.807, 2.05) is 24.3 Å². The monoisotopic (exact) mass is 237 g/mol. The molecule has 1 unspecified atom stereocenters. The Morgan fingerprint density at radius 2 is 1.88 bits per heavy atom. The molecule has 0 bridgehead atoms. The van der Waals surface area contributed by atoms with Gasteiger partial charge in [0.25, 0.3) is 0 Å². The number of hydrogen-bond acceptors (Lipinski definition) is 3. The molecular formula is C14H23NO2. The highest BCUT2D eigenvalue weighted by Gasteiger charge is 2.05. The molecule has 0 saturated carbocycles. The molecule has 0 aliphatic heterocycles. The lowest BCUT2D eigenvalue weighted by molar-refractivity contribution is 0.190. The van der Waals surface area contributed by atoms with Crippen molar-refractivity contribution < 1.29 is 9.47 Å². The van der Waals surface area contributed by atoms with E-state index in [-0.39, 0.29) is 6.04 Å². The molecule has 1 aromatic rings. The van der Waals surface area contributed by atoms with Crippen LogP contribution in [-0.2, 0) is 4.74 Å². The third-order valence-electron chi connectivity index (χ3n) is 2.64. The fraction of sp³-hybridized carbons (Fsp3) is 0.571. The van der Waals surface area contributed by atoms with Crippen LogP contribution in [0.5, 0.6) is 5.75 Å². The summed E-state index contributed by atoms with van der Waals surface area (Å²) in [4.78, 5) is 0. The Labute approximate surface area is 104 Å². The zero-order valence-electron chi connectivity index (χ0n) is 10.8. The second-order valence-corrected chi connectivity index (χ2v) is 4.16. The van der Waals surface area contributed by atoms with Crippen molar-refractivity contribution in [2.45, 2.75) is 32.2 Å². The Morgan fingerprint density at radius 3 is 2.47 bits per heavy atom. The topological polar surface area (TPSA) is 44.5 Å². The van der Waals surface area contributed by atoms with Crippen LogP contribution in [0.2, 0.25) is 0 Å². The number of hydrogen-bond donors (Lipinski definition) is 1. The maximum atomic E-state index is 6.09. The molecule has 0 saturated heterocycles. The van der Waals surface area contributed by atoms with Gasteiger partial charge in [0.2, 0.25) is 0 Å². The molecule has 96 valence electrons. The smallest absolute Gasteiger partial charge is 0.119 e. The van der Waals surface area contributed by atoms with Gasteiger partial charge in [-0.05, 0) is 37.0 Å². The number of ether oxygens (including phenoxy) is 2. The van der Waals surface area contributed by atoms with E-state index in [0.717, 1.165) is 43.8 Å². The first-order chi connectivity index (χ1) is 8.27. The molecule has 3 nitrogen and oxygen atoms in total. The Balaban J connectivity index is 2.43. The summed E-state index contributed by atoms with van der Waals surface area (Å²) in [7, 11) is 1.71. The quantitative estimate of drug-likeness (QED) is 0.707. The van der Waals surface area contributed by atoms with E-state index < -0.39 is 0 Å². The number of rotatable bonds is 8. The largest absolute Gasteiger partial charge is 0.494 e. The first-order valence-corrected chi connectivity index (χ1v) is 6.25. The third-order valence-corrected chi connectivity index (χ3v) is 2.64. The van der Waals surface area contributed by atoms with E-state index in [2.05, 4.69) is 6.92 Å². The lowest BCUT2D eigenvalue weighted by Gasteiger charge is -2.12. The fourth-order valence-electron chi connectivity index (χ4n) is 1.65. The van der Waals surface area contributed by atoms with Crippen molar-refractivity contribution in [1.82, 2.24) is 0 Å². The molecule has 0 aromatic heterocycles. The maximum Gasteiger partial charge on any atom is 0.119 e. The van der Waals surface area contributed by atoms with Crippen molar-refractivity contribution in [2.75, 3.05) is 20.3 Å². The van der Waals surface area contributed by atoms with Gasteiger partial charge >= 0.3 is 0 Å². The summed E-state index contributed by atoms with van der Waals surface area (Å²) in [5, 5.41) is 0. The highest BCUT2D eigenvalue weighted by Crippen LogP contribution is 2.19. The SMILES string of the molecule is CCCOc1ccc(C(N)CCCOC)cc1. The van der Waals surface area contributed by atoms with E-state index in [1.165, 1.54) is 0 Å². The van der Waals surface area contributed by atoms with E-state index in [9.17, 15) is 0 Å². The number of methoxy groups -OCH3 is 1. The molecule has 17 heavy (non-hydrogen) atoms. The Kier molecular flexibility index (Phi) is 6.67. The van der Waals surface area contributed by atoms with Gasteiger partial charge in [0.05, 0.1) is 6.61 Å². The molecule has 0 heterocycles. The Bertz CT molecular complexity index is 298. The number of nitrogens with two attached hydrogens (primary N) is 1. The molecule has 2 N–H and O–H groups in total. The molecule has 1 rings (SSSR count). The van der Waals surface area contributed by atoms with Crippen LogP contribution in [0.1, 0.15) is 37.8 Å². The molecule has 1 atom stereocenters. The van der Waals surface area contributed by atoms with Gasteiger partial charge in [-0.3, -0.25) is 0 Å². The number of benzene rings is 1. The Morgan fingerprint density at radius 1 is 1.18 bits per heavy atom. The highest BCUT2D eigenvalue weighted by molar-refractivity contribution is 5.28. The first kappa shape index (κ1) is 14.0. The molecule has 0 aliphatic rings. The molecule has 1 aromatic carbocycles. The maximum absolute atomic E-state index is 6.09. The second kappa shape index (κ2) is 8.09. The summed E-state index contributed by atoms with van der Waals surface area (Å²) in [6.07, 6.45) is 2.97. The lowest BCUT2D eigenvalue weighted by Crippen LogP contribution is -2.11. The fourth-order valence-corrected chi connectivity index (χ4v) is 1.65. The third kappa shape index (κ3) is 5.20. The zero-order chi connectivity index (χ0) is 12.5. The van der Waals surface area contributed by atoms with Gasteiger partial charge in [-0.1, -0.05) is 19.1 Å². The van der Waals surface area contributed by atoms with Crippen molar-refractivity contribution in [2.24, 2.45) is 5.73 Å². The van der Waals surface area contributed by atoms with Crippen LogP contribution in [0.3, 0.4) is 0 Å². The minimum absolute atomic E-state index is 0.0883. The van der Waals surface area contributed by atoms with Crippen LogP contribution in [0.4, 0.5) is 0 Å². The van der Waals surface area contributed by atoms with Crippen LogP contribution in [0.15, 0.2) is 24.3 Å². The van der Waals surface area contributed by atoms with Gasteiger partial charge in [-0.2, -0.15) is 0 Å². The molecule has 3 heteroatoms. The van der Waals surface area contributed by atoms with Crippen LogP contribution < -0.4 is 10.5 Å². The normalized spacial score (nSPS) is 12.4. The van der Waals surface area contributed by atoms with Gasteiger partial charge < -0.3 is 15.2 Å². The highest BCUT2D eigenvalue weighted by atomic mass is 16.5. The molecule has 0 fully saturated rings. The summed E-state index contributed by atoms with van der Waals surface area (Å²) in [5.74, 6) is 0.916. The molecule has 0 amide bonds. The summed E-state index contributed by atoms with van der Waals surface area (Å²) in [5.41, 5.74) is 7.25. The summed E-state index contributed by atoms with van der Waals surface area (Å²) in [6.45, 7) is 3.63. The predicted octanol–water partition coefficient (Wildman–Crippen LogP) is 2.90. The predicted molar refractivity (Wildman–Crippen MR) is 70.3 cm³/mol. The average Bonchev–Trinajstić information content (AvgIpc) is 2.37.